The number of benzene rings is 2. The highest BCUT2D eigenvalue weighted by atomic mass is 16.5. The molecular weight excluding hydrogens is 370 g/mol. The first-order chi connectivity index (χ1) is 14.1. The Morgan fingerprint density at radius 1 is 1.07 bits per heavy atom. The van der Waals surface area contributed by atoms with Crippen molar-refractivity contribution in [1.82, 2.24) is 4.90 Å². The highest BCUT2D eigenvalue weighted by molar-refractivity contribution is 5.88. The lowest BCUT2D eigenvalue weighted by Gasteiger charge is -2.25. The molecule has 1 amide bonds. The van der Waals surface area contributed by atoms with Crippen LogP contribution in [-0.4, -0.2) is 38.7 Å². The van der Waals surface area contributed by atoms with Crippen LogP contribution < -0.4 is 14.2 Å². The van der Waals surface area contributed by atoms with E-state index in [9.17, 15) is 4.79 Å². The van der Waals surface area contributed by atoms with Gasteiger partial charge in [0.2, 0.25) is 5.91 Å². The smallest absolute Gasteiger partial charge is 0.227 e. The van der Waals surface area contributed by atoms with Crippen LogP contribution in [0.15, 0.2) is 47.1 Å². The number of methoxy groups -OCH3 is 3. The largest absolute Gasteiger partial charge is 0.497 e. The molecule has 0 saturated carbocycles. The van der Waals surface area contributed by atoms with Crippen molar-refractivity contribution in [3.8, 4) is 17.2 Å². The van der Waals surface area contributed by atoms with Gasteiger partial charge in [0.25, 0.3) is 0 Å². The van der Waals surface area contributed by atoms with Gasteiger partial charge < -0.3 is 23.5 Å². The van der Waals surface area contributed by atoms with Gasteiger partial charge in [0.05, 0.1) is 40.1 Å². The van der Waals surface area contributed by atoms with Gasteiger partial charge in [0.15, 0.2) is 11.5 Å². The fraction of sp³-hybridized carbons (Fsp3) is 0.348. The molecule has 152 valence electrons. The van der Waals surface area contributed by atoms with Crippen molar-refractivity contribution in [1.29, 1.82) is 0 Å². The molecule has 1 saturated heterocycles. The second kappa shape index (κ2) is 8.07. The molecule has 4 rings (SSSR count). The van der Waals surface area contributed by atoms with E-state index >= 15 is 0 Å². The van der Waals surface area contributed by atoms with Crippen LogP contribution in [-0.2, 0) is 11.2 Å². The van der Waals surface area contributed by atoms with Gasteiger partial charge in [-0.3, -0.25) is 4.79 Å². The average molecular weight is 395 g/mol. The number of likely N-dealkylation sites (tertiary alicyclic amines) is 1. The zero-order valence-electron chi connectivity index (χ0n) is 16.9. The first-order valence-electron chi connectivity index (χ1n) is 9.70. The maximum absolute atomic E-state index is 13.1. The Labute approximate surface area is 170 Å². The van der Waals surface area contributed by atoms with Crippen LogP contribution in [0.5, 0.6) is 17.2 Å². The highest BCUT2D eigenvalue weighted by Gasteiger charge is 2.31. The molecule has 1 fully saturated rings. The molecule has 6 heteroatoms. The van der Waals surface area contributed by atoms with Gasteiger partial charge >= 0.3 is 0 Å². The molecule has 2 heterocycles. The number of nitrogens with zero attached hydrogens (tertiary/aromatic N) is 1. The van der Waals surface area contributed by atoms with Crippen molar-refractivity contribution in [3.63, 3.8) is 0 Å². The van der Waals surface area contributed by atoms with Gasteiger partial charge in [-0.15, -0.1) is 0 Å². The molecule has 2 aromatic carbocycles. The van der Waals surface area contributed by atoms with Gasteiger partial charge in [-0.2, -0.15) is 0 Å². The minimum absolute atomic E-state index is 0.0422. The van der Waals surface area contributed by atoms with E-state index in [2.05, 4.69) is 0 Å². The summed E-state index contributed by atoms with van der Waals surface area (Å²) in [4.78, 5) is 15.1. The summed E-state index contributed by atoms with van der Waals surface area (Å²) in [6.07, 6.45) is 3.89. The molecule has 1 atom stereocenters. The number of rotatable bonds is 6. The molecule has 0 N–H and O–H groups in total. The number of fused-ring (bicyclic) bond motifs is 1. The van der Waals surface area contributed by atoms with Gasteiger partial charge in [-0.25, -0.2) is 0 Å². The lowest BCUT2D eigenvalue weighted by Crippen LogP contribution is -2.31. The quantitative estimate of drug-likeness (QED) is 0.620. The molecule has 1 aliphatic heterocycles. The summed E-state index contributed by atoms with van der Waals surface area (Å²) >= 11 is 0. The minimum atomic E-state index is 0.0422. The van der Waals surface area contributed by atoms with Gasteiger partial charge in [-0.1, -0.05) is 6.07 Å². The summed E-state index contributed by atoms with van der Waals surface area (Å²) in [5, 5.41) is 0.945. The Morgan fingerprint density at radius 3 is 2.66 bits per heavy atom. The average Bonchev–Trinajstić information content (AvgIpc) is 3.40. The summed E-state index contributed by atoms with van der Waals surface area (Å²) in [5.41, 5.74) is 2.69. The van der Waals surface area contributed by atoms with Crippen molar-refractivity contribution in [3.05, 3.63) is 53.8 Å². The Hall–Kier alpha value is -3.15. The van der Waals surface area contributed by atoms with Crippen LogP contribution in [0.2, 0.25) is 0 Å². The van der Waals surface area contributed by atoms with Gasteiger partial charge in [-0.05, 0) is 42.7 Å². The maximum Gasteiger partial charge on any atom is 0.227 e. The summed E-state index contributed by atoms with van der Waals surface area (Å²) in [6.45, 7) is 0.751. The molecule has 1 aromatic heterocycles. The van der Waals surface area contributed by atoms with E-state index in [4.69, 9.17) is 18.6 Å². The monoisotopic (exact) mass is 395 g/mol. The first kappa shape index (κ1) is 19.2. The molecule has 1 aliphatic rings. The van der Waals surface area contributed by atoms with Crippen molar-refractivity contribution in [2.45, 2.75) is 25.3 Å². The van der Waals surface area contributed by atoms with Crippen molar-refractivity contribution in [2.75, 3.05) is 27.9 Å². The van der Waals surface area contributed by atoms with Crippen LogP contribution in [0.25, 0.3) is 11.0 Å². The van der Waals surface area contributed by atoms with Crippen molar-refractivity contribution >= 4 is 16.9 Å². The van der Waals surface area contributed by atoms with Gasteiger partial charge in [0, 0.05) is 23.6 Å². The molecule has 0 aliphatic carbocycles. The van der Waals surface area contributed by atoms with Gasteiger partial charge in [0.1, 0.15) is 11.3 Å². The first-order valence-corrected chi connectivity index (χ1v) is 9.70. The van der Waals surface area contributed by atoms with Crippen LogP contribution in [0.4, 0.5) is 0 Å². The van der Waals surface area contributed by atoms with Crippen LogP contribution in [0, 0.1) is 0 Å². The van der Waals surface area contributed by atoms with E-state index < -0.39 is 0 Å². The molecule has 6 nitrogen and oxygen atoms in total. The number of hydrogen-bond donors (Lipinski definition) is 0. The van der Waals surface area contributed by atoms with E-state index in [1.807, 2.05) is 41.3 Å². The zero-order valence-corrected chi connectivity index (χ0v) is 16.9. The normalized spacial score (nSPS) is 16.2. The number of furan rings is 1. The van der Waals surface area contributed by atoms with E-state index in [0.29, 0.717) is 17.9 Å². The summed E-state index contributed by atoms with van der Waals surface area (Å²) < 4.78 is 21.6. The Morgan fingerprint density at radius 2 is 1.90 bits per heavy atom. The Balaban J connectivity index is 1.55. The summed E-state index contributed by atoms with van der Waals surface area (Å²) in [7, 11) is 4.86. The standard InChI is InChI=1S/C23H25NO5/c1-26-17-7-8-18-16(14-29-21(18)13-17)12-23(25)24-10-4-5-19(24)15-6-9-20(27-2)22(11-15)28-3/h6-9,11,13-14,19H,4-5,10,12H2,1-3H3. The predicted octanol–water partition coefficient (Wildman–Crippen LogP) is 4.36. The number of hydrogen-bond acceptors (Lipinski definition) is 5. The molecule has 0 bridgehead atoms. The molecule has 29 heavy (non-hydrogen) atoms. The fourth-order valence-corrected chi connectivity index (χ4v) is 4.06. The number of carbonyl (C=O) groups excluding carboxylic acids is 1. The number of amides is 1. The lowest BCUT2D eigenvalue weighted by atomic mass is 10.0. The second-order valence-electron chi connectivity index (χ2n) is 7.16. The molecule has 0 spiro atoms. The van der Waals surface area contributed by atoms with Crippen LogP contribution in [0.3, 0.4) is 0 Å². The van der Waals surface area contributed by atoms with Crippen LogP contribution >= 0.6 is 0 Å². The van der Waals surface area contributed by atoms with E-state index in [-0.39, 0.29) is 11.9 Å². The minimum Gasteiger partial charge on any atom is -0.497 e. The van der Waals surface area contributed by atoms with Crippen molar-refractivity contribution < 1.29 is 23.4 Å². The fourth-order valence-electron chi connectivity index (χ4n) is 4.06. The lowest BCUT2D eigenvalue weighted by molar-refractivity contribution is -0.131. The molecule has 1 unspecified atom stereocenters. The third kappa shape index (κ3) is 3.62. The SMILES string of the molecule is COc1ccc2c(CC(=O)N3CCCC3c3ccc(OC)c(OC)c3)coc2c1. The molecule has 0 radical (unpaired) electrons. The van der Waals surface area contributed by atoms with E-state index in [1.165, 1.54) is 0 Å². The molecular formula is C23H25NO5. The third-order valence-electron chi connectivity index (χ3n) is 5.57. The second-order valence-corrected chi connectivity index (χ2v) is 7.16. The van der Waals surface area contributed by atoms with E-state index in [1.54, 1.807) is 27.6 Å². The zero-order chi connectivity index (χ0) is 20.4. The van der Waals surface area contributed by atoms with Crippen LogP contribution in [0.1, 0.15) is 30.0 Å². The Kier molecular flexibility index (Phi) is 5.34. The predicted molar refractivity (Wildman–Crippen MR) is 110 cm³/mol. The summed E-state index contributed by atoms with van der Waals surface area (Å²) in [6, 6.07) is 11.6. The Bertz CT molecular complexity index is 1030. The maximum atomic E-state index is 13.1. The molecule has 3 aromatic rings. The summed E-state index contributed by atoms with van der Waals surface area (Å²) in [5.74, 6) is 2.20. The topological polar surface area (TPSA) is 61.1 Å². The van der Waals surface area contributed by atoms with E-state index in [0.717, 1.165) is 47.2 Å². The number of ether oxygens (including phenoxy) is 3. The number of carbonyl (C=O) groups is 1. The highest BCUT2D eigenvalue weighted by Crippen LogP contribution is 2.37. The van der Waals surface area contributed by atoms with Crippen molar-refractivity contribution in [2.24, 2.45) is 0 Å². The third-order valence-corrected chi connectivity index (χ3v) is 5.57.